The highest BCUT2D eigenvalue weighted by molar-refractivity contribution is 5.95. The van der Waals surface area contributed by atoms with E-state index < -0.39 is 35.8 Å². The molecular formula is C17H22F3N3O4. The molecule has 0 aliphatic rings. The van der Waals surface area contributed by atoms with Crippen LogP contribution in [-0.4, -0.2) is 30.6 Å². The number of nitrogens with one attached hydrogen (secondary N) is 2. The first-order valence-electron chi connectivity index (χ1n) is 8.30. The molecule has 0 aliphatic heterocycles. The lowest BCUT2D eigenvalue weighted by Crippen LogP contribution is -2.30. The molecule has 0 spiro atoms. The van der Waals surface area contributed by atoms with Gasteiger partial charge in [-0.2, -0.15) is 13.2 Å². The van der Waals surface area contributed by atoms with Gasteiger partial charge in [0.05, 0.1) is 5.56 Å². The first kappa shape index (κ1) is 22.3. The molecule has 0 fully saturated rings. The number of hydrogen-bond donors (Lipinski definition) is 3. The van der Waals surface area contributed by atoms with Crippen molar-refractivity contribution in [3.8, 4) is 0 Å². The predicted octanol–water partition coefficient (Wildman–Crippen LogP) is 2.80. The van der Waals surface area contributed by atoms with E-state index in [1.54, 1.807) is 0 Å². The second kappa shape index (κ2) is 10.4. The van der Waals surface area contributed by atoms with E-state index in [1.165, 1.54) is 19.1 Å². The quantitative estimate of drug-likeness (QED) is 0.445. The molecule has 0 saturated heterocycles. The van der Waals surface area contributed by atoms with E-state index in [9.17, 15) is 27.6 Å². The minimum Gasteiger partial charge on any atom is -0.453 e. The minimum atomic E-state index is -4.52. The van der Waals surface area contributed by atoms with Crippen LogP contribution in [0.3, 0.4) is 0 Å². The Hall–Kier alpha value is -2.78. The number of benzene rings is 1. The summed E-state index contributed by atoms with van der Waals surface area (Å²) in [6.45, 7) is 1.73. The third-order valence-corrected chi connectivity index (χ3v) is 3.49. The van der Waals surface area contributed by atoms with Crippen LogP contribution in [0.1, 0.15) is 38.2 Å². The number of esters is 1. The van der Waals surface area contributed by atoms with Crippen LogP contribution in [-0.2, 0) is 20.5 Å². The number of carbonyl (C=O) groups is 3. The van der Waals surface area contributed by atoms with E-state index in [4.69, 9.17) is 10.5 Å². The summed E-state index contributed by atoms with van der Waals surface area (Å²) in [4.78, 5) is 34.1. The Labute approximate surface area is 154 Å². The van der Waals surface area contributed by atoms with Crippen molar-refractivity contribution in [3.63, 3.8) is 0 Å². The van der Waals surface area contributed by atoms with Gasteiger partial charge in [-0.1, -0.05) is 12.5 Å². The molecule has 1 atom stereocenters. The van der Waals surface area contributed by atoms with Gasteiger partial charge in [0.1, 0.15) is 0 Å². The van der Waals surface area contributed by atoms with Crippen molar-refractivity contribution >= 4 is 23.6 Å². The Morgan fingerprint density at radius 3 is 2.52 bits per heavy atom. The monoisotopic (exact) mass is 389 g/mol. The second-order valence-corrected chi connectivity index (χ2v) is 5.80. The second-order valence-electron chi connectivity index (χ2n) is 5.80. The number of nitrogens with two attached hydrogens (primary N) is 1. The van der Waals surface area contributed by atoms with Gasteiger partial charge in [-0.05, 0) is 38.0 Å². The molecule has 150 valence electrons. The van der Waals surface area contributed by atoms with Crippen LogP contribution in [0.15, 0.2) is 24.3 Å². The van der Waals surface area contributed by atoms with Gasteiger partial charge in [-0.15, -0.1) is 0 Å². The van der Waals surface area contributed by atoms with Crippen LogP contribution in [0.5, 0.6) is 0 Å². The van der Waals surface area contributed by atoms with Gasteiger partial charge in [-0.25, -0.2) is 4.79 Å². The SMILES string of the molecule is C[C@H](OC(=O)CCCCCNC(N)=O)C(=O)Nc1cccc(C(F)(F)F)c1. The van der Waals surface area contributed by atoms with Crippen molar-refractivity contribution in [2.24, 2.45) is 5.73 Å². The number of ether oxygens (including phenoxy) is 1. The van der Waals surface area contributed by atoms with Crippen molar-refractivity contribution in [2.75, 3.05) is 11.9 Å². The number of urea groups is 1. The van der Waals surface area contributed by atoms with Crippen molar-refractivity contribution in [2.45, 2.75) is 44.9 Å². The smallest absolute Gasteiger partial charge is 0.416 e. The molecule has 1 aromatic carbocycles. The Morgan fingerprint density at radius 1 is 1.19 bits per heavy atom. The van der Waals surface area contributed by atoms with E-state index in [-0.39, 0.29) is 12.1 Å². The summed E-state index contributed by atoms with van der Waals surface area (Å²) in [5, 5.41) is 4.70. The van der Waals surface area contributed by atoms with E-state index in [1.807, 2.05) is 0 Å². The molecule has 0 unspecified atom stereocenters. The zero-order chi connectivity index (χ0) is 20.4. The van der Waals surface area contributed by atoms with Crippen LogP contribution >= 0.6 is 0 Å². The van der Waals surface area contributed by atoms with Crippen LogP contribution in [0, 0.1) is 0 Å². The van der Waals surface area contributed by atoms with Crippen molar-refractivity contribution in [1.82, 2.24) is 5.32 Å². The third kappa shape index (κ3) is 8.93. The number of rotatable bonds is 9. The zero-order valence-corrected chi connectivity index (χ0v) is 14.8. The first-order valence-corrected chi connectivity index (χ1v) is 8.30. The van der Waals surface area contributed by atoms with Gasteiger partial charge >= 0.3 is 18.2 Å². The molecule has 0 heterocycles. The fourth-order valence-corrected chi connectivity index (χ4v) is 2.11. The summed E-state index contributed by atoms with van der Waals surface area (Å²) >= 11 is 0. The molecule has 0 aromatic heterocycles. The number of alkyl halides is 3. The number of hydrogen-bond acceptors (Lipinski definition) is 4. The predicted molar refractivity (Wildman–Crippen MR) is 91.7 cm³/mol. The summed E-state index contributed by atoms with van der Waals surface area (Å²) in [6, 6.07) is 3.55. The molecule has 3 amide bonds. The average molecular weight is 389 g/mol. The van der Waals surface area contributed by atoms with Crippen molar-refractivity contribution < 1.29 is 32.3 Å². The van der Waals surface area contributed by atoms with E-state index in [0.29, 0.717) is 25.8 Å². The number of unbranched alkanes of at least 4 members (excludes halogenated alkanes) is 2. The summed E-state index contributed by atoms with van der Waals surface area (Å²) in [5.41, 5.74) is 3.97. The number of primary amides is 1. The Morgan fingerprint density at radius 2 is 1.89 bits per heavy atom. The molecule has 1 rings (SSSR count). The molecule has 1 aromatic rings. The molecule has 7 nitrogen and oxygen atoms in total. The highest BCUT2D eigenvalue weighted by Gasteiger charge is 2.30. The summed E-state index contributed by atoms with van der Waals surface area (Å²) in [7, 11) is 0. The van der Waals surface area contributed by atoms with Crippen molar-refractivity contribution in [1.29, 1.82) is 0 Å². The summed E-state index contributed by atoms with van der Waals surface area (Å²) in [6.07, 6.45) is -3.80. The molecule has 0 radical (unpaired) electrons. The average Bonchev–Trinajstić information content (AvgIpc) is 2.57. The van der Waals surface area contributed by atoms with Gasteiger partial charge in [0.2, 0.25) is 0 Å². The normalized spacial score (nSPS) is 12.1. The van der Waals surface area contributed by atoms with Gasteiger partial charge < -0.3 is 21.1 Å². The third-order valence-electron chi connectivity index (χ3n) is 3.49. The lowest BCUT2D eigenvalue weighted by Gasteiger charge is -2.14. The molecule has 10 heteroatoms. The fourth-order valence-electron chi connectivity index (χ4n) is 2.11. The fraction of sp³-hybridized carbons (Fsp3) is 0.471. The Balaban J connectivity index is 2.37. The molecule has 0 aliphatic carbocycles. The molecule has 4 N–H and O–H groups in total. The first-order chi connectivity index (χ1) is 12.6. The van der Waals surface area contributed by atoms with Crippen LogP contribution < -0.4 is 16.4 Å². The topological polar surface area (TPSA) is 111 Å². The van der Waals surface area contributed by atoms with Crippen LogP contribution in [0.2, 0.25) is 0 Å². The molecule has 0 saturated carbocycles. The summed E-state index contributed by atoms with van der Waals surface area (Å²) in [5.74, 6) is -1.32. The largest absolute Gasteiger partial charge is 0.453 e. The van der Waals surface area contributed by atoms with Crippen LogP contribution in [0.4, 0.5) is 23.7 Å². The maximum atomic E-state index is 12.7. The van der Waals surface area contributed by atoms with E-state index >= 15 is 0 Å². The Kier molecular flexibility index (Phi) is 8.57. The number of amides is 3. The minimum absolute atomic E-state index is 0.0420. The van der Waals surface area contributed by atoms with Gasteiger partial charge in [0.15, 0.2) is 6.10 Å². The number of carbonyl (C=O) groups excluding carboxylic acids is 3. The maximum Gasteiger partial charge on any atom is 0.416 e. The van der Waals surface area contributed by atoms with Gasteiger partial charge in [-0.3, -0.25) is 9.59 Å². The van der Waals surface area contributed by atoms with E-state index in [2.05, 4.69) is 10.6 Å². The lowest BCUT2D eigenvalue weighted by molar-refractivity contribution is -0.153. The Bertz CT molecular complexity index is 665. The highest BCUT2D eigenvalue weighted by Crippen LogP contribution is 2.30. The molecular weight excluding hydrogens is 367 g/mol. The maximum absolute atomic E-state index is 12.7. The van der Waals surface area contributed by atoms with Gasteiger partial charge in [0, 0.05) is 18.7 Å². The molecule has 27 heavy (non-hydrogen) atoms. The summed E-state index contributed by atoms with van der Waals surface area (Å²) < 4.78 is 43.0. The van der Waals surface area contributed by atoms with Crippen molar-refractivity contribution in [3.05, 3.63) is 29.8 Å². The van der Waals surface area contributed by atoms with E-state index in [0.717, 1.165) is 12.1 Å². The zero-order valence-electron chi connectivity index (χ0n) is 14.8. The number of anilines is 1. The van der Waals surface area contributed by atoms with Crippen LogP contribution in [0.25, 0.3) is 0 Å². The highest BCUT2D eigenvalue weighted by atomic mass is 19.4. The molecule has 0 bridgehead atoms. The number of halogens is 3. The standard InChI is InChI=1S/C17H22F3N3O4/c1-11(27-14(24)8-3-2-4-9-22-16(21)26)15(25)23-13-7-5-6-12(10-13)17(18,19)20/h5-7,10-11H,2-4,8-9H2,1H3,(H,23,25)(H3,21,22,26)/t11-/m0/s1. The lowest BCUT2D eigenvalue weighted by atomic mass is 10.2. The van der Waals surface area contributed by atoms with Gasteiger partial charge in [0.25, 0.3) is 5.91 Å².